The molecule has 4 nitrogen and oxygen atoms in total. The van der Waals surface area contributed by atoms with Crippen LogP contribution in [0, 0.1) is 19.8 Å². The molecule has 0 spiro atoms. The van der Waals surface area contributed by atoms with Crippen LogP contribution < -0.4 is 10.6 Å². The summed E-state index contributed by atoms with van der Waals surface area (Å²) in [6.07, 6.45) is 2.03. The largest absolute Gasteiger partial charge is 0.316 e. The summed E-state index contributed by atoms with van der Waals surface area (Å²) in [6.45, 7) is 5.74. The fraction of sp³-hybridized carbons (Fsp3) is 0.538. The number of rotatable bonds is 2. The maximum absolute atomic E-state index is 12.0. The number of piperidine rings is 1. The number of aromatic nitrogens is 1. The number of nitrogens with one attached hydrogen (secondary N) is 2. The van der Waals surface area contributed by atoms with Crippen molar-refractivity contribution in [3.8, 4) is 0 Å². The first-order valence-corrected chi connectivity index (χ1v) is 6.12. The Morgan fingerprint density at radius 2 is 2.29 bits per heavy atom. The topological polar surface area (TPSA) is 54.0 Å². The fourth-order valence-electron chi connectivity index (χ4n) is 2.21. The van der Waals surface area contributed by atoms with Crippen molar-refractivity contribution in [3.63, 3.8) is 0 Å². The minimum Gasteiger partial charge on any atom is -0.316 e. The third-order valence-corrected chi connectivity index (χ3v) is 3.02. The Morgan fingerprint density at radius 3 is 2.94 bits per heavy atom. The van der Waals surface area contributed by atoms with Gasteiger partial charge < -0.3 is 10.6 Å². The average molecular weight is 233 g/mol. The number of anilines is 1. The molecule has 0 unspecified atom stereocenters. The first-order chi connectivity index (χ1) is 8.15. The lowest BCUT2D eigenvalue weighted by Gasteiger charge is -2.21. The molecular weight excluding hydrogens is 214 g/mol. The van der Waals surface area contributed by atoms with Crippen molar-refractivity contribution >= 4 is 11.7 Å². The third kappa shape index (κ3) is 3.27. The Kier molecular flexibility index (Phi) is 3.74. The van der Waals surface area contributed by atoms with Crippen LogP contribution in [0.2, 0.25) is 0 Å². The van der Waals surface area contributed by atoms with Gasteiger partial charge in [0.2, 0.25) is 5.91 Å². The number of carbonyl (C=O) groups excluding carboxylic acids is 1. The van der Waals surface area contributed by atoms with Gasteiger partial charge in [0.25, 0.3) is 0 Å². The zero-order valence-electron chi connectivity index (χ0n) is 10.4. The molecule has 1 aromatic heterocycles. The van der Waals surface area contributed by atoms with Crippen molar-refractivity contribution in [1.82, 2.24) is 10.3 Å². The van der Waals surface area contributed by atoms with Crippen molar-refractivity contribution in [1.29, 1.82) is 0 Å². The second-order valence-electron chi connectivity index (χ2n) is 4.70. The van der Waals surface area contributed by atoms with Crippen molar-refractivity contribution in [2.24, 2.45) is 5.92 Å². The van der Waals surface area contributed by atoms with Crippen LogP contribution in [-0.4, -0.2) is 24.0 Å². The Labute approximate surface area is 102 Å². The second-order valence-corrected chi connectivity index (χ2v) is 4.70. The van der Waals surface area contributed by atoms with E-state index in [0.29, 0.717) is 5.82 Å². The first kappa shape index (κ1) is 12.0. The smallest absolute Gasteiger partial charge is 0.229 e. The first-order valence-electron chi connectivity index (χ1n) is 6.12. The Bertz CT molecular complexity index is 391. The second kappa shape index (κ2) is 5.27. The Morgan fingerprint density at radius 1 is 1.47 bits per heavy atom. The van der Waals surface area contributed by atoms with Gasteiger partial charge in [0.05, 0.1) is 5.92 Å². The maximum Gasteiger partial charge on any atom is 0.229 e. The van der Waals surface area contributed by atoms with Crippen molar-refractivity contribution in [2.75, 3.05) is 18.4 Å². The molecule has 1 fully saturated rings. The zero-order chi connectivity index (χ0) is 12.3. The average Bonchev–Trinajstić information content (AvgIpc) is 2.28. The number of hydrogen-bond acceptors (Lipinski definition) is 3. The predicted octanol–water partition coefficient (Wildman–Crippen LogP) is 1.64. The van der Waals surface area contributed by atoms with Crippen LogP contribution in [0.5, 0.6) is 0 Å². The summed E-state index contributed by atoms with van der Waals surface area (Å²) in [7, 11) is 0. The van der Waals surface area contributed by atoms with Gasteiger partial charge in [-0.25, -0.2) is 4.98 Å². The molecule has 0 radical (unpaired) electrons. The van der Waals surface area contributed by atoms with Gasteiger partial charge in [0.1, 0.15) is 5.82 Å². The van der Waals surface area contributed by atoms with E-state index >= 15 is 0 Å². The molecular formula is C13H19N3O. The minimum absolute atomic E-state index is 0.0753. The monoisotopic (exact) mass is 233 g/mol. The predicted molar refractivity (Wildman–Crippen MR) is 67.9 cm³/mol. The molecule has 1 amide bonds. The highest BCUT2D eigenvalue weighted by Gasteiger charge is 2.21. The summed E-state index contributed by atoms with van der Waals surface area (Å²) in [6, 6.07) is 3.90. The fourth-order valence-corrected chi connectivity index (χ4v) is 2.21. The highest BCUT2D eigenvalue weighted by Crippen LogP contribution is 2.14. The molecule has 1 aliphatic heterocycles. The molecule has 1 atom stereocenters. The number of carbonyl (C=O) groups is 1. The Hall–Kier alpha value is -1.42. The molecule has 0 bridgehead atoms. The van der Waals surface area contributed by atoms with Crippen LogP contribution in [0.1, 0.15) is 24.1 Å². The number of aryl methyl sites for hydroxylation is 2. The molecule has 1 aromatic rings. The maximum atomic E-state index is 12.0. The van der Waals surface area contributed by atoms with E-state index in [1.54, 1.807) is 0 Å². The SMILES string of the molecule is Cc1cc(C)nc(NC(=O)[C@H]2CCCNC2)c1. The van der Waals surface area contributed by atoms with Crippen molar-refractivity contribution in [3.05, 3.63) is 23.4 Å². The van der Waals surface area contributed by atoms with E-state index in [-0.39, 0.29) is 11.8 Å². The van der Waals surface area contributed by atoms with Crippen LogP contribution in [0.4, 0.5) is 5.82 Å². The lowest BCUT2D eigenvalue weighted by molar-refractivity contribution is -0.120. The lowest BCUT2D eigenvalue weighted by atomic mass is 9.99. The van der Waals surface area contributed by atoms with Crippen LogP contribution >= 0.6 is 0 Å². The molecule has 2 rings (SSSR count). The van der Waals surface area contributed by atoms with Crippen LogP contribution in [-0.2, 0) is 4.79 Å². The molecule has 0 aliphatic carbocycles. The third-order valence-electron chi connectivity index (χ3n) is 3.02. The molecule has 1 saturated heterocycles. The highest BCUT2D eigenvalue weighted by molar-refractivity contribution is 5.92. The molecule has 1 aliphatic rings. The van der Waals surface area contributed by atoms with E-state index < -0.39 is 0 Å². The minimum atomic E-state index is 0.0753. The molecule has 2 heterocycles. The summed E-state index contributed by atoms with van der Waals surface area (Å²) in [4.78, 5) is 16.3. The van der Waals surface area contributed by atoms with E-state index in [1.165, 1.54) is 0 Å². The van der Waals surface area contributed by atoms with E-state index in [1.807, 2.05) is 26.0 Å². The van der Waals surface area contributed by atoms with Crippen LogP contribution in [0.15, 0.2) is 12.1 Å². The van der Waals surface area contributed by atoms with Gasteiger partial charge in [0.15, 0.2) is 0 Å². The van der Waals surface area contributed by atoms with E-state index in [0.717, 1.165) is 37.2 Å². The van der Waals surface area contributed by atoms with Gasteiger partial charge in [-0.3, -0.25) is 4.79 Å². The number of hydrogen-bond donors (Lipinski definition) is 2. The van der Waals surface area contributed by atoms with Gasteiger partial charge in [0, 0.05) is 12.2 Å². The molecule has 17 heavy (non-hydrogen) atoms. The van der Waals surface area contributed by atoms with E-state index in [9.17, 15) is 4.79 Å². The quantitative estimate of drug-likeness (QED) is 0.816. The van der Waals surface area contributed by atoms with Gasteiger partial charge in [-0.05, 0) is 50.9 Å². The normalized spacial score (nSPS) is 20.0. The number of amides is 1. The van der Waals surface area contributed by atoms with Gasteiger partial charge >= 0.3 is 0 Å². The summed E-state index contributed by atoms with van der Waals surface area (Å²) in [5, 5.41) is 6.15. The summed E-state index contributed by atoms with van der Waals surface area (Å²) >= 11 is 0. The van der Waals surface area contributed by atoms with E-state index in [4.69, 9.17) is 0 Å². The van der Waals surface area contributed by atoms with Gasteiger partial charge in [-0.2, -0.15) is 0 Å². The van der Waals surface area contributed by atoms with Crippen LogP contribution in [0.3, 0.4) is 0 Å². The van der Waals surface area contributed by atoms with Crippen molar-refractivity contribution in [2.45, 2.75) is 26.7 Å². The number of nitrogens with zero attached hydrogens (tertiary/aromatic N) is 1. The Balaban J connectivity index is 2.01. The van der Waals surface area contributed by atoms with Crippen molar-refractivity contribution < 1.29 is 4.79 Å². The molecule has 92 valence electrons. The van der Waals surface area contributed by atoms with Gasteiger partial charge in [-0.1, -0.05) is 0 Å². The molecule has 4 heteroatoms. The summed E-state index contributed by atoms with van der Waals surface area (Å²) in [5.74, 6) is 0.819. The van der Waals surface area contributed by atoms with Gasteiger partial charge in [-0.15, -0.1) is 0 Å². The van der Waals surface area contributed by atoms with Crippen LogP contribution in [0.25, 0.3) is 0 Å². The van der Waals surface area contributed by atoms with E-state index in [2.05, 4.69) is 15.6 Å². The summed E-state index contributed by atoms with van der Waals surface area (Å²) < 4.78 is 0. The standard InChI is InChI=1S/C13H19N3O/c1-9-6-10(2)15-12(7-9)16-13(17)11-4-3-5-14-8-11/h6-7,11,14H,3-5,8H2,1-2H3,(H,15,16,17)/t11-/m0/s1. The lowest BCUT2D eigenvalue weighted by Crippen LogP contribution is -2.37. The zero-order valence-corrected chi connectivity index (χ0v) is 10.4. The number of pyridine rings is 1. The molecule has 0 saturated carbocycles. The highest BCUT2D eigenvalue weighted by atomic mass is 16.2. The molecule has 2 N–H and O–H groups in total. The summed E-state index contributed by atoms with van der Waals surface area (Å²) in [5.41, 5.74) is 2.05. The molecule has 0 aromatic carbocycles.